The number of nitrogens with one attached hydrogen (secondary N) is 1. The van der Waals surface area contributed by atoms with Crippen molar-refractivity contribution in [2.45, 2.75) is 6.04 Å². The fourth-order valence-electron chi connectivity index (χ4n) is 2.23. The van der Waals surface area contributed by atoms with Gasteiger partial charge in [0.25, 0.3) is 0 Å². The summed E-state index contributed by atoms with van der Waals surface area (Å²) in [5.41, 5.74) is 2.17. The van der Waals surface area contributed by atoms with Crippen molar-refractivity contribution in [3.8, 4) is 0 Å². The lowest BCUT2D eigenvalue weighted by Crippen LogP contribution is -2.41. The molecule has 1 aromatic rings. The summed E-state index contributed by atoms with van der Waals surface area (Å²) in [5.74, 6) is 3.02. The van der Waals surface area contributed by atoms with E-state index in [0.29, 0.717) is 6.04 Å². The van der Waals surface area contributed by atoms with Gasteiger partial charge in [-0.1, -0.05) is 24.4 Å². The number of amidine groups is 1. The quantitative estimate of drug-likeness (QED) is 0.726. The summed E-state index contributed by atoms with van der Waals surface area (Å²) in [6.07, 6.45) is 0. The molecule has 3 nitrogen and oxygen atoms in total. The number of rotatable bonds is 0. The molecule has 0 aromatic heterocycles. The van der Waals surface area contributed by atoms with Crippen LogP contribution in [0.5, 0.6) is 0 Å². The number of nitrogens with zero attached hydrogens (tertiary/aromatic N) is 2. The molecule has 5 heteroatoms. The molecule has 2 heterocycles. The Bertz CT molecular complexity index is 498. The van der Waals surface area contributed by atoms with E-state index in [1.165, 1.54) is 0 Å². The van der Waals surface area contributed by atoms with Crippen molar-refractivity contribution in [3.63, 3.8) is 0 Å². The standard InChI is InChI=1S/C12H13N3S2/c1-13-11-10-6-17-7-15(10)12(16)8-4-2-3-5-9(8)14-11/h2-5,10H,6-7H2,1H3,(H,13,14). The van der Waals surface area contributed by atoms with Gasteiger partial charge in [0, 0.05) is 24.1 Å². The second kappa shape index (κ2) is 4.31. The molecule has 0 spiro atoms. The molecule has 17 heavy (non-hydrogen) atoms. The molecular formula is C12H13N3S2. The van der Waals surface area contributed by atoms with Crippen LogP contribution < -0.4 is 5.32 Å². The molecule has 2 aliphatic heterocycles. The Kier molecular flexibility index (Phi) is 2.80. The minimum Gasteiger partial charge on any atom is -0.342 e. The predicted molar refractivity (Wildman–Crippen MR) is 78.1 cm³/mol. The van der Waals surface area contributed by atoms with Crippen LogP contribution in [0.4, 0.5) is 5.69 Å². The van der Waals surface area contributed by atoms with Gasteiger partial charge >= 0.3 is 0 Å². The van der Waals surface area contributed by atoms with Crippen molar-refractivity contribution < 1.29 is 0 Å². The summed E-state index contributed by atoms with van der Waals surface area (Å²) < 4.78 is 0. The fourth-order valence-corrected chi connectivity index (χ4v) is 3.85. The Morgan fingerprint density at radius 2 is 2.29 bits per heavy atom. The van der Waals surface area contributed by atoms with Gasteiger partial charge in [-0.2, -0.15) is 0 Å². The maximum absolute atomic E-state index is 5.60. The summed E-state index contributed by atoms with van der Waals surface area (Å²) >= 11 is 7.51. The summed E-state index contributed by atoms with van der Waals surface area (Å²) in [5, 5.41) is 3.42. The van der Waals surface area contributed by atoms with E-state index in [1.807, 2.05) is 30.9 Å². The third-order valence-corrected chi connectivity index (χ3v) is 4.59. The van der Waals surface area contributed by atoms with Gasteiger partial charge in [-0.25, -0.2) is 0 Å². The molecule has 1 N–H and O–H groups in total. The van der Waals surface area contributed by atoms with Crippen LogP contribution >= 0.6 is 24.0 Å². The summed E-state index contributed by atoms with van der Waals surface area (Å²) in [6.45, 7) is 0. The number of fused-ring (bicyclic) bond motifs is 2. The van der Waals surface area contributed by atoms with Gasteiger partial charge < -0.3 is 10.2 Å². The van der Waals surface area contributed by atoms with Crippen LogP contribution in [-0.4, -0.2) is 40.4 Å². The van der Waals surface area contributed by atoms with E-state index in [2.05, 4.69) is 27.3 Å². The lowest BCUT2D eigenvalue weighted by molar-refractivity contribution is 0.495. The monoisotopic (exact) mass is 263 g/mol. The second-order valence-electron chi connectivity index (χ2n) is 4.07. The molecule has 1 atom stereocenters. The van der Waals surface area contributed by atoms with Crippen molar-refractivity contribution in [2.75, 3.05) is 24.0 Å². The molecule has 1 fully saturated rings. The molecule has 3 rings (SSSR count). The van der Waals surface area contributed by atoms with Crippen molar-refractivity contribution in [1.82, 2.24) is 4.90 Å². The number of para-hydroxylation sites is 1. The molecule has 0 radical (unpaired) electrons. The van der Waals surface area contributed by atoms with Crippen molar-refractivity contribution in [3.05, 3.63) is 29.8 Å². The zero-order valence-electron chi connectivity index (χ0n) is 9.51. The highest BCUT2D eigenvalue weighted by Crippen LogP contribution is 2.30. The van der Waals surface area contributed by atoms with Gasteiger partial charge in [-0.15, -0.1) is 11.8 Å². The second-order valence-corrected chi connectivity index (χ2v) is 5.46. The average molecular weight is 263 g/mol. The Morgan fingerprint density at radius 1 is 1.47 bits per heavy atom. The Hall–Kier alpha value is -1.07. The number of aliphatic imine (C=N–C) groups is 1. The summed E-state index contributed by atoms with van der Waals surface area (Å²) in [4.78, 5) is 7.57. The molecule has 0 aliphatic carbocycles. The average Bonchev–Trinajstić information content (AvgIpc) is 2.81. The highest BCUT2D eigenvalue weighted by molar-refractivity contribution is 7.99. The first kappa shape index (κ1) is 11.0. The van der Waals surface area contributed by atoms with Crippen molar-refractivity contribution >= 4 is 40.5 Å². The van der Waals surface area contributed by atoms with E-state index in [4.69, 9.17) is 12.2 Å². The first-order valence-electron chi connectivity index (χ1n) is 5.52. The minimum absolute atomic E-state index is 0.296. The third-order valence-electron chi connectivity index (χ3n) is 3.12. The number of hydrogen-bond donors (Lipinski definition) is 1. The third kappa shape index (κ3) is 1.73. The molecule has 0 bridgehead atoms. The van der Waals surface area contributed by atoms with Gasteiger partial charge in [0.1, 0.15) is 10.8 Å². The Labute approximate surface area is 110 Å². The first-order valence-corrected chi connectivity index (χ1v) is 7.09. The molecule has 2 aliphatic rings. The van der Waals surface area contributed by atoms with Crippen LogP contribution in [0.2, 0.25) is 0 Å². The topological polar surface area (TPSA) is 27.6 Å². The van der Waals surface area contributed by atoms with Crippen LogP contribution in [0.15, 0.2) is 29.3 Å². The van der Waals surface area contributed by atoms with Crippen LogP contribution in [0.25, 0.3) is 0 Å². The number of anilines is 1. The van der Waals surface area contributed by atoms with E-state index in [0.717, 1.165) is 33.7 Å². The van der Waals surface area contributed by atoms with E-state index in [1.54, 1.807) is 0 Å². The predicted octanol–water partition coefficient (Wildman–Crippen LogP) is 2.19. The zero-order valence-corrected chi connectivity index (χ0v) is 11.1. The number of thioether (sulfide) groups is 1. The largest absolute Gasteiger partial charge is 0.342 e. The lowest BCUT2D eigenvalue weighted by atomic mass is 10.2. The van der Waals surface area contributed by atoms with E-state index in [-0.39, 0.29) is 0 Å². The lowest BCUT2D eigenvalue weighted by Gasteiger charge is -2.23. The highest BCUT2D eigenvalue weighted by Gasteiger charge is 2.34. The van der Waals surface area contributed by atoms with Gasteiger partial charge in [0.15, 0.2) is 0 Å². The number of thiocarbonyl (C=S) groups is 1. The maximum atomic E-state index is 5.60. The van der Waals surface area contributed by atoms with Crippen LogP contribution in [0, 0.1) is 0 Å². The maximum Gasteiger partial charge on any atom is 0.124 e. The van der Waals surface area contributed by atoms with Crippen LogP contribution in [0.3, 0.4) is 0 Å². The summed E-state index contributed by atoms with van der Waals surface area (Å²) in [6, 6.07) is 8.47. The van der Waals surface area contributed by atoms with Gasteiger partial charge in [-0.3, -0.25) is 4.99 Å². The van der Waals surface area contributed by atoms with E-state index >= 15 is 0 Å². The van der Waals surface area contributed by atoms with Gasteiger partial charge in [0.05, 0.1) is 11.9 Å². The van der Waals surface area contributed by atoms with Crippen LogP contribution in [-0.2, 0) is 0 Å². The Morgan fingerprint density at radius 3 is 3.12 bits per heavy atom. The summed E-state index contributed by atoms with van der Waals surface area (Å²) in [7, 11) is 1.83. The minimum atomic E-state index is 0.296. The molecule has 0 saturated carbocycles. The van der Waals surface area contributed by atoms with Crippen LogP contribution in [0.1, 0.15) is 5.56 Å². The Balaban J connectivity index is 2.13. The molecular weight excluding hydrogens is 250 g/mol. The zero-order chi connectivity index (χ0) is 11.8. The van der Waals surface area contributed by atoms with E-state index < -0.39 is 0 Å². The number of benzene rings is 1. The van der Waals surface area contributed by atoms with Crippen molar-refractivity contribution in [1.29, 1.82) is 0 Å². The molecule has 88 valence electrons. The molecule has 0 amide bonds. The fraction of sp³-hybridized carbons (Fsp3) is 0.333. The van der Waals surface area contributed by atoms with Crippen molar-refractivity contribution in [2.24, 2.45) is 4.99 Å². The van der Waals surface area contributed by atoms with Gasteiger partial charge in [-0.05, 0) is 12.1 Å². The van der Waals surface area contributed by atoms with Gasteiger partial charge in [0.2, 0.25) is 0 Å². The highest BCUT2D eigenvalue weighted by atomic mass is 32.2. The SMILES string of the molecule is CN=C1Nc2ccccc2C(=S)N2CSCC12. The normalized spacial score (nSPS) is 25.2. The van der Waals surface area contributed by atoms with E-state index in [9.17, 15) is 0 Å². The smallest absolute Gasteiger partial charge is 0.124 e. The first-order chi connectivity index (χ1) is 8.31. The number of hydrogen-bond acceptors (Lipinski definition) is 3. The molecule has 1 unspecified atom stereocenters. The molecule has 1 saturated heterocycles. The molecule has 1 aromatic carbocycles.